The number of rotatable bonds is 1. The zero-order chi connectivity index (χ0) is 26.3. The molecule has 0 spiro atoms. The highest BCUT2D eigenvalue weighted by Crippen LogP contribution is 2.43. The molecule has 0 unspecified atom stereocenters. The van der Waals surface area contributed by atoms with Crippen LogP contribution in [0.3, 0.4) is 0 Å². The number of benzene rings is 2. The molecule has 0 radical (unpaired) electrons. The quantitative estimate of drug-likeness (QED) is 0.250. The van der Waals surface area contributed by atoms with Crippen LogP contribution in [0, 0.1) is 6.92 Å². The summed E-state index contributed by atoms with van der Waals surface area (Å²) in [6, 6.07) is 19.2. The molecule has 37 heavy (non-hydrogen) atoms. The molecule has 0 atom stereocenters. The predicted octanol–water partition coefficient (Wildman–Crippen LogP) is 4.61. The third-order valence-electron chi connectivity index (χ3n) is 7.50. The van der Waals surface area contributed by atoms with Crippen LogP contribution in [0.2, 0.25) is 0 Å². The molecule has 0 amide bonds. The summed E-state index contributed by atoms with van der Waals surface area (Å²) in [5, 5.41) is 0. The van der Waals surface area contributed by atoms with Crippen LogP contribution >= 0.6 is 0 Å². The Kier molecular flexibility index (Phi) is 5.07. The Labute approximate surface area is 220 Å². The maximum Gasteiger partial charge on any atom is 0.342 e. The van der Waals surface area contributed by atoms with E-state index in [1.54, 1.807) is 0 Å². The topological polar surface area (TPSA) is 42.1 Å². The van der Waals surface area contributed by atoms with E-state index in [2.05, 4.69) is 126 Å². The second-order valence-electron chi connectivity index (χ2n) is 12.4. The van der Waals surface area contributed by atoms with Gasteiger partial charge in [-0.25, -0.2) is 9.55 Å². The van der Waals surface area contributed by atoms with Gasteiger partial charge in [0.15, 0.2) is 11.8 Å². The fraction of sp³-hybridized carbons (Fsp3) is 0.323. The van der Waals surface area contributed by atoms with Gasteiger partial charge in [-0.3, -0.25) is 4.90 Å². The molecular formula is C31H34BN4O+. The van der Waals surface area contributed by atoms with E-state index in [1.165, 1.54) is 27.9 Å². The van der Waals surface area contributed by atoms with Crippen LogP contribution in [0.15, 0.2) is 60.8 Å². The Hall–Kier alpha value is -3.67. The number of fused-ring (bicyclic) bond motifs is 4. The van der Waals surface area contributed by atoms with Crippen LogP contribution in [0.1, 0.15) is 58.5 Å². The third kappa shape index (κ3) is 3.57. The number of hydrogen-bond donors (Lipinski definition) is 0. The van der Waals surface area contributed by atoms with Crippen molar-refractivity contribution in [2.24, 2.45) is 7.05 Å². The molecule has 0 saturated heterocycles. The first kappa shape index (κ1) is 23.7. The molecule has 0 saturated carbocycles. The maximum absolute atomic E-state index is 6.59. The molecule has 0 aliphatic carbocycles. The van der Waals surface area contributed by atoms with E-state index < -0.39 is 0 Å². The third-order valence-corrected chi connectivity index (χ3v) is 7.50. The number of aryl methyl sites for hydroxylation is 2. The molecule has 0 fully saturated rings. The van der Waals surface area contributed by atoms with E-state index in [1.807, 2.05) is 0 Å². The van der Waals surface area contributed by atoms with Gasteiger partial charge in [0.2, 0.25) is 5.88 Å². The van der Waals surface area contributed by atoms with Gasteiger partial charge >= 0.3 is 6.71 Å². The molecule has 2 aromatic carbocycles. The minimum Gasteiger partial charge on any atom is -0.440 e. The van der Waals surface area contributed by atoms with Crippen molar-refractivity contribution >= 4 is 40.4 Å². The Morgan fingerprint density at radius 2 is 1.57 bits per heavy atom. The largest absolute Gasteiger partial charge is 0.440 e. The lowest BCUT2D eigenvalue weighted by molar-refractivity contribution is -0.653. The van der Waals surface area contributed by atoms with Gasteiger partial charge in [-0.2, -0.15) is 4.98 Å². The average Bonchev–Trinajstić information content (AvgIpc) is 2.83. The van der Waals surface area contributed by atoms with Gasteiger partial charge in [-0.1, -0.05) is 77.4 Å². The molecule has 4 heterocycles. The van der Waals surface area contributed by atoms with Gasteiger partial charge in [0.25, 0.3) is 0 Å². The normalized spacial score (nSPS) is 14.1. The highest BCUT2D eigenvalue weighted by molar-refractivity contribution is 6.98. The van der Waals surface area contributed by atoms with E-state index in [0.717, 1.165) is 28.5 Å². The molecule has 0 bridgehead atoms. The number of para-hydroxylation sites is 1. The Balaban J connectivity index is 1.82. The fourth-order valence-electron chi connectivity index (χ4n) is 5.67. The average molecular weight is 489 g/mol. The van der Waals surface area contributed by atoms with Gasteiger partial charge in [-0.15, -0.1) is 0 Å². The predicted molar refractivity (Wildman–Crippen MR) is 151 cm³/mol. The van der Waals surface area contributed by atoms with Crippen LogP contribution in [0.4, 0.5) is 17.2 Å². The van der Waals surface area contributed by atoms with E-state index >= 15 is 0 Å². The molecule has 6 heteroatoms. The number of hydrogen-bond acceptors (Lipinski definition) is 4. The van der Waals surface area contributed by atoms with Crippen molar-refractivity contribution in [2.45, 2.75) is 59.3 Å². The number of anilines is 3. The van der Waals surface area contributed by atoms with Crippen molar-refractivity contribution in [1.82, 2.24) is 9.97 Å². The van der Waals surface area contributed by atoms with E-state index in [0.29, 0.717) is 5.88 Å². The number of aromatic nitrogens is 3. The van der Waals surface area contributed by atoms with Crippen LogP contribution < -0.4 is 30.7 Å². The van der Waals surface area contributed by atoms with Gasteiger partial charge in [-0.05, 0) is 41.6 Å². The number of pyridine rings is 1. The number of nitrogens with zero attached hydrogens (tertiary/aromatic N) is 4. The molecule has 2 aromatic heterocycles. The van der Waals surface area contributed by atoms with Crippen LogP contribution in [0.25, 0.3) is 0 Å². The van der Waals surface area contributed by atoms with Crippen LogP contribution in [-0.2, 0) is 17.9 Å². The summed E-state index contributed by atoms with van der Waals surface area (Å²) < 4.78 is 8.87. The number of ether oxygens (including phenoxy) is 1. The van der Waals surface area contributed by atoms with Crippen LogP contribution in [0.5, 0.6) is 11.6 Å². The minimum atomic E-state index is -0.242. The monoisotopic (exact) mass is 489 g/mol. The van der Waals surface area contributed by atoms with Crippen molar-refractivity contribution < 1.29 is 9.30 Å². The Bertz CT molecular complexity index is 1550. The zero-order valence-corrected chi connectivity index (χ0v) is 23.0. The van der Waals surface area contributed by atoms with E-state index in [-0.39, 0.29) is 17.5 Å². The fourth-order valence-corrected chi connectivity index (χ4v) is 5.67. The molecule has 6 rings (SSSR count). The van der Waals surface area contributed by atoms with E-state index in [9.17, 15) is 0 Å². The lowest BCUT2D eigenvalue weighted by Crippen LogP contribution is -2.70. The lowest BCUT2D eigenvalue weighted by Gasteiger charge is -2.40. The van der Waals surface area contributed by atoms with Crippen molar-refractivity contribution in [3.05, 3.63) is 77.7 Å². The summed E-state index contributed by atoms with van der Waals surface area (Å²) in [6.07, 6.45) is 2.20. The molecule has 0 N–H and O–H groups in total. The molecule has 2 aliphatic heterocycles. The Morgan fingerprint density at radius 1 is 0.838 bits per heavy atom. The molecule has 2 aliphatic rings. The second-order valence-corrected chi connectivity index (χ2v) is 12.4. The van der Waals surface area contributed by atoms with Gasteiger partial charge in [0, 0.05) is 22.6 Å². The summed E-state index contributed by atoms with van der Waals surface area (Å²) >= 11 is 0. The first-order chi connectivity index (χ1) is 17.5. The van der Waals surface area contributed by atoms with Crippen molar-refractivity contribution in [3.8, 4) is 11.6 Å². The summed E-state index contributed by atoms with van der Waals surface area (Å²) in [7, 11) is 2.15. The van der Waals surface area contributed by atoms with Crippen molar-refractivity contribution in [2.75, 3.05) is 4.90 Å². The molecule has 5 nitrogen and oxygen atoms in total. The minimum absolute atomic E-state index is 0.0359. The summed E-state index contributed by atoms with van der Waals surface area (Å²) in [5.74, 6) is 3.22. The van der Waals surface area contributed by atoms with Crippen LogP contribution in [-0.4, -0.2) is 16.7 Å². The highest BCUT2D eigenvalue weighted by atomic mass is 16.5. The van der Waals surface area contributed by atoms with Crippen molar-refractivity contribution in [1.29, 1.82) is 0 Å². The first-order valence-corrected chi connectivity index (χ1v) is 13.0. The van der Waals surface area contributed by atoms with Crippen molar-refractivity contribution in [3.63, 3.8) is 0 Å². The van der Waals surface area contributed by atoms with E-state index in [4.69, 9.17) is 14.7 Å². The lowest BCUT2D eigenvalue weighted by atomic mass is 9.35. The SMILES string of the molecule is Cc1cccc2c1B1c3c(nc(C(C)(C)C)nc3N(c3ccccc3)c3c(C(C)(C)C)cc[n+](C)c31)O2. The Morgan fingerprint density at radius 3 is 2.24 bits per heavy atom. The second kappa shape index (κ2) is 7.91. The summed E-state index contributed by atoms with van der Waals surface area (Å²) in [6.45, 7) is 15.5. The smallest absolute Gasteiger partial charge is 0.342 e. The van der Waals surface area contributed by atoms with Gasteiger partial charge < -0.3 is 4.74 Å². The standard InChI is InChI=1S/C31H34BN4O/c1-19-13-12-16-22-23(19)32-24-27(33-29(31(5,6)7)34-28(24)37-22)36(20-14-10-9-11-15-20)25-21(30(2,3)4)17-18-35(8)26(25)32/h9-18H,1-8H3/q+1. The highest BCUT2D eigenvalue weighted by Gasteiger charge is 2.51. The van der Waals surface area contributed by atoms with Gasteiger partial charge in [0.1, 0.15) is 30.1 Å². The molecule has 4 aromatic rings. The van der Waals surface area contributed by atoms with Gasteiger partial charge in [0.05, 0.1) is 0 Å². The molecular weight excluding hydrogens is 455 g/mol. The first-order valence-electron chi connectivity index (χ1n) is 13.0. The maximum atomic E-state index is 6.59. The molecule has 186 valence electrons. The zero-order valence-electron chi connectivity index (χ0n) is 23.0. The summed E-state index contributed by atoms with van der Waals surface area (Å²) in [5.41, 5.74) is 7.91. The summed E-state index contributed by atoms with van der Waals surface area (Å²) in [4.78, 5) is 12.7.